The van der Waals surface area contributed by atoms with Crippen LogP contribution in [-0.2, 0) is 0 Å². The van der Waals surface area contributed by atoms with Gasteiger partial charge in [0.2, 0.25) is 0 Å². The molecule has 1 aromatic rings. The molecule has 0 radical (unpaired) electrons. The molecular formula is C14H18BrN3O3. The maximum atomic E-state index is 12.2. The summed E-state index contributed by atoms with van der Waals surface area (Å²) in [5.74, 6) is -0.257. The van der Waals surface area contributed by atoms with E-state index in [1.165, 1.54) is 12.1 Å². The minimum Gasteiger partial charge on any atom is -0.349 e. The quantitative estimate of drug-likeness (QED) is 0.642. The molecule has 0 aliphatic heterocycles. The fourth-order valence-electron chi connectivity index (χ4n) is 2.61. The van der Waals surface area contributed by atoms with Crippen LogP contribution < -0.4 is 10.6 Å². The van der Waals surface area contributed by atoms with Gasteiger partial charge in [-0.3, -0.25) is 14.9 Å². The summed E-state index contributed by atoms with van der Waals surface area (Å²) in [7, 11) is 1.95. The topological polar surface area (TPSA) is 84.3 Å². The van der Waals surface area contributed by atoms with Crippen LogP contribution in [0.3, 0.4) is 0 Å². The number of carbonyl (C=O) groups excluding carboxylic acids is 1. The van der Waals surface area contributed by atoms with E-state index in [1.807, 2.05) is 7.05 Å². The van der Waals surface area contributed by atoms with Gasteiger partial charge < -0.3 is 10.6 Å². The molecule has 0 heterocycles. The van der Waals surface area contributed by atoms with Gasteiger partial charge in [-0.05, 0) is 38.8 Å². The number of nitro benzene ring substituents is 1. The van der Waals surface area contributed by atoms with Gasteiger partial charge in [0.25, 0.3) is 11.6 Å². The highest BCUT2D eigenvalue weighted by atomic mass is 79.9. The van der Waals surface area contributed by atoms with Gasteiger partial charge in [0, 0.05) is 34.3 Å². The third-order valence-corrected chi connectivity index (χ3v) is 4.28. The molecule has 0 atom stereocenters. The minimum absolute atomic E-state index is 0.0894. The molecule has 1 saturated carbocycles. The second-order valence-corrected chi connectivity index (χ2v) is 6.18. The molecule has 0 spiro atoms. The van der Waals surface area contributed by atoms with Crippen LogP contribution in [0.4, 0.5) is 5.69 Å². The van der Waals surface area contributed by atoms with Crippen molar-refractivity contribution in [1.82, 2.24) is 10.6 Å². The van der Waals surface area contributed by atoms with Crippen molar-refractivity contribution < 1.29 is 9.72 Å². The molecule has 1 aliphatic rings. The van der Waals surface area contributed by atoms with Crippen LogP contribution in [0.15, 0.2) is 22.7 Å². The van der Waals surface area contributed by atoms with Gasteiger partial charge in [-0.1, -0.05) is 15.9 Å². The molecule has 21 heavy (non-hydrogen) atoms. The Balaban J connectivity index is 2.02. The Kier molecular flexibility index (Phi) is 5.30. The number of carbonyl (C=O) groups is 1. The maximum absolute atomic E-state index is 12.2. The lowest BCUT2D eigenvalue weighted by atomic mass is 9.91. The van der Waals surface area contributed by atoms with E-state index < -0.39 is 4.92 Å². The molecule has 114 valence electrons. The van der Waals surface area contributed by atoms with Crippen molar-refractivity contribution >= 4 is 27.5 Å². The van der Waals surface area contributed by atoms with Crippen LogP contribution >= 0.6 is 15.9 Å². The molecule has 0 saturated heterocycles. The summed E-state index contributed by atoms with van der Waals surface area (Å²) in [6, 6.07) is 4.95. The Labute approximate surface area is 131 Å². The molecule has 2 N–H and O–H groups in total. The van der Waals surface area contributed by atoms with Gasteiger partial charge >= 0.3 is 0 Å². The Morgan fingerprint density at radius 1 is 1.24 bits per heavy atom. The van der Waals surface area contributed by atoms with E-state index >= 15 is 0 Å². The van der Waals surface area contributed by atoms with Crippen molar-refractivity contribution in [3.63, 3.8) is 0 Å². The largest absolute Gasteiger partial charge is 0.349 e. The number of non-ortho nitro benzene ring substituents is 1. The SMILES string of the molecule is CNC1CCC(NC(=O)c2cc(Br)cc([N+](=O)[O-])c2)CC1. The first-order valence-corrected chi connectivity index (χ1v) is 7.72. The zero-order valence-corrected chi connectivity index (χ0v) is 13.4. The Bertz CT molecular complexity index is 542. The smallest absolute Gasteiger partial charge is 0.271 e. The molecular weight excluding hydrogens is 338 g/mol. The predicted molar refractivity (Wildman–Crippen MR) is 83.4 cm³/mol. The van der Waals surface area contributed by atoms with E-state index in [0.29, 0.717) is 16.1 Å². The van der Waals surface area contributed by atoms with Crippen molar-refractivity contribution in [2.75, 3.05) is 7.05 Å². The summed E-state index contributed by atoms with van der Waals surface area (Å²) in [4.78, 5) is 22.6. The molecule has 0 aromatic heterocycles. The number of amides is 1. The number of rotatable bonds is 4. The number of benzene rings is 1. The highest BCUT2D eigenvalue weighted by Gasteiger charge is 2.22. The van der Waals surface area contributed by atoms with Crippen LogP contribution in [0.5, 0.6) is 0 Å². The van der Waals surface area contributed by atoms with Crippen molar-refractivity contribution in [1.29, 1.82) is 0 Å². The van der Waals surface area contributed by atoms with Gasteiger partial charge in [-0.2, -0.15) is 0 Å². The third kappa shape index (κ3) is 4.25. The van der Waals surface area contributed by atoms with Crippen molar-refractivity contribution in [3.05, 3.63) is 38.3 Å². The second kappa shape index (κ2) is 7.00. The van der Waals surface area contributed by atoms with Crippen LogP contribution in [0.2, 0.25) is 0 Å². The maximum Gasteiger partial charge on any atom is 0.271 e. The van der Waals surface area contributed by atoms with Gasteiger partial charge in [-0.15, -0.1) is 0 Å². The first-order chi connectivity index (χ1) is 9.99. The molecule has 0 unspecified atom stereocenters. The second-order valence-electron chi connectivity index (χ2n) is 5.27. The van der Waals surface area contributed by atoms with Crippen LogP contribution in [0.1, 0.15) is 36.0 Å². The molecule has 1 fully saturated rings. The van der Waals surface area contributed by atoms with E-state index in [4.69, 9.17) is 0 Å². The minimum atomic E-state index is -0.500. The molecule has 6 nitrogen and oxygen atoms in total. The van der Waals surface area contributed by atoms with E-state index in [0.717, 1.165) is 25.7 Å². The highest BCUT2D eigenvalue weighted by Crippen LogP contribution is 2.23. The highest BCUT2D eigenvalue weighted by molar-refractivity contribution is 9.10. The summed E-state index contributed by atoms with van der Waals surface area (Å²) >= 11 is 3.20. The standard InChI is InChI=1S/C14H18BrN3O3/c1-16-11-2-4-12(5-3-11)17-14(19)9-6-10(15)8-13(7-9)18(20)21/h6-8,11-12,16H,2-5H2,1H3,(H,17,19). The average molecular weight is 356 g/mol. The fourth-order valence-corrected chi connectivity index (χ4v) is 3.09. The number of hydrogen-bond acceptors (Lipinski definition) is 4. The summed E-state index contributed by atoms with van der Waals surface area (Å²) in [5, 5.41) is 17.0. The number of nitrogens with one attached hydrogen (secondary N) is 2. The predicted octanol–water partition coefficient (Wildman–Crippen LogP) is 2.62. The zero-order valence-electron chi connectivity index (χ0n) is 11.8. The lowest BCUT2D eigenvalue weighted by molar-refractivity contribution is -0.385. The monoisotopic (exact) mass is 355 g/mol. The van der Waals surface area contributed by atoms with Crippen LogP contribution in [0.25, 0.3) is 0 Å². The van der Waals surface area contributed by atoms with Crippen molar-refractivity contribution in [2.24, 2.45) is 0 Å². The van der Waals surface area contributed by atoms with Gasteiger partial charge in [0.15, 0.2) is 0 Å². The summed E-state index contributed by atoms with van der Waals surface area (Å²) in [5.41, 5.74) is 0.222. The number of nitro groups is 1. The Morgan fingerprint density at radius 3 is 2.43 bits per heavy atom. The first kappa shape index (κ1) is 15.9. The summed E-state index contributed by atoms with van der Waals surface area (Å²) in [6.45, 7) is 0. The Hall–Kier alpha value is -1.47. The first-order valence-electron chi connectivity index (χ1n) is 6.92. The third-order valence-electron chi connectivity index (χ3n) is 3.83. The molecule has 1 amide bonds. The number of nitrogens with zero attached hydrogens (tertiary/aromatic N) is 1. The summed E-state index contributed by atoms with van der Waals surface area (Å²) in [6.07, 6.45) is 3.90. The van der Waals surface area contributed by atoms with E-state index in [-0.39, 0.29) is 17.6 Å². The van der Waals surface area contributed by atoms with Crippen molar-refractivity contribution in [2.45, 2.75) is 37.8 Å². The molecule has 2 rings (SSSR count). The normalized spacial score (nSPS) is 21.8. The zero-order chi connectivity index (χ0) is 15.4. The average Bonchev–Trinajstić information content (AvgIpc) is 2.47. The van der Waals surface area contributed by atoms with Gasteiger partial charge in [-0.25, -0.2) is 0 Å². The molecule has 7 heteroatoms. The van der Waals surface area contributed by atoms with Crippen LogP contribution in [0, 0.1) is 10.1 Å². The lowest BCUT2D eigenvalue weighted by Crippen LogP contribution is -2.41. The summed E-state index contributed by atoms with van der Waals surface area (Å²) < 4.78 is 0.528. The van der Waals surface area contributed by atoms with E-state index in [2.05, 4.69) is 26.6 Å². The van der Waals surface area contributed by atoms with E-state index in [9.17, 15) is 14.9 Å². The molecule has 1 aliphatic carbocycles. The molecule has 1 aromatic carbocycles. The van der Waals surface area contributed by atoms with Gasteiger partial charge in [0.1, 0.15) is 0 Å². The van der Waals surface area contributed by atoms with Gasteiger partial charge in [0.05, 0.1) is 4.92 Å². The number of hydrogen-bond donors (Lipinski definition) is 2. The molecule has 0 bridgehead atoms. The fraction of sp³-hybridized carbons (Fsp3) is 0.500. The number of halogens is 1. The van der Waals surface area contributed by atoms with Crippen LogP contribution in [-0.4, -0.2) is 30.0 Å². The Morgan fingerprint density at radius 2 is 1.86 bits per heavy atom. The lowest BCUT2D eigenvalue weighted by Gasteiger charge is -2.28. The van der Waals surface area contributed by atoms with Crippen molar-refractivity contribution in [3.8, 4) is 0 Å². The van der Waals surface area contributed by atoms with E-state index in [1.54, 1.807) is 6.07 Å².